The third-order valence-corrected chi connectivity index (χ3v) is 7.08. The number of benzene rings is 2. The Hall–Kier alpha value is -3.36. The van der Waals surface area contributed by atoms with Crippen molar-refractivity contribution in [2.45, 2.75) is 12.5 Å². The molecule has 0 aliphatic carbocycles. The number of carbonyl (C=O) groups excluding carboxylic acids is 2. The van der Waals surface area contributed by atoms with Gasteiger partial charge in [-0.25, -0.2) is 0 Å². The number of ether oxygens (including phenoxy) is 3. The number of nitrogens with zero attached hydrogens (tertiary/aromatic N) is 2. The van der Waals surface area contributed by atoms with Crippen LogP contribution in [0.5, 0.6) is 11.5 Å². The number of thiophene rings is 1. The van der Waals surface area contributed by atoms with Crippen LogP contribution < -0.4 is 9.47 Å². The van der Waals surface area contributed by atoms with Crippen LogP contribution in [0.1, 0.15) is 26.8 Å². The fourth-order valence-corrected chi connectivity index (χ4v) is 5.12. The van der Waals surface area contributed by atoms with Crippen molar-refractivity contribution < 1.29 is 23.8 Å². The van der Waals surface area contributed by atoms with Crippen molar-refractivity contribution in [3.05, 3.63) is 82.0 Å². The van der Waals surface area contributed by atoms with Crippen LogP contribution in [-0.4, -0.2) is 68.7 Å². The lowest BCUT2D eigenvalue weighted by molar-refractivity contribution is -0.135. The number of rotatable bonds is 10. The summed E-state index contributed by atoms with van der Waals surface area (Å²) in [6.45, 7) is 1.56. The van der Waals surface area contributed by atoms with E-state index in [0.717, 1.165) is 17.7 Å². The highest BCUT2D eigenvalue weighted by molar-refractivity contribution is 7.10. The second-order valence-corrected chi connectivity index (χ2v) is 9.22. The Balaban J connectivity index is 1.51. The summed E-state index contributed by atoms with van der Waals surface area (Å²) in [4.78, 5) is 31.5. The first-order valence-electron chi connectivity index (χ1n) is 11.6. The number of methoxy groups -OCH3 is 2. The normalized spacial score (nSPS) is 14.8. The van der Waals surface area contributed by atoms with E-state index in [1.165, 1.54) is 4.88 Å². The van der Waals surface area contributed by atoms with Crippen molar-refractivity contribution in [2.75, 3.05) is 47.1 Å². The van der Waals surface area contributed by atoms with Crippen LogP contribution in [0.4, 0.5) is 0 Å². The Morgan fingerprint density at radius 2 is 1.80 bits per heavy atom. The number of hydrogen-bond donors (Lipinski definition) is 0. The van der Waals surface area contributed by atoms with E-state index >= 15 is 0 Å². The van der Waals surface area contributed by atoms with Crippen molar-refractivity contribution in [1.82, 2.24) is 9.80 Å². The number of amides is 2. The van der Waals surface area contributed by atoms with E-state index in [4.69, 9.17) is 14.2 Å². The minimum absolute atomic E-state index is 0.0322. The molecule has 0 spiro atoms. The van der Waals surface area contributed by atoms with Gasteiger partial charge in [0.25, 0.3) is 5.91 Å². The molecule has 1 aromatic heterocycles. The summed E-state index contributed by atoms with van der Waals surface area (Å²) in [5.74, 6) is 1.10. The molecule has 0 unspecified atom stereocenters. The van der Waals surface area contributed by atoms with Gasteiger partial charge in [-0.3, -0.25) is 9.59 Å². The molecule has 7 nitrogen and oxygen atoms in total. The van der Waals surface area contributed by atoms with Gasteiger partial charge in [-0.05, 0) is 59.8 Å². The summed E-state index contributed by atoms with van der Waals surface area (Å²) in [7, 11) is 3.16. The van der Waals surface area contributed by atoms with Crippen LogP contribution in [0, 0.1) is 0 Å². The molecule has 2 heterocycles. The molecule has 1 aliphatic rings. The summed E-state index contributed by atoms with van der Waals surface area (Å²) in [5, 5.41) is 2.06. The lowest BCUT2D eigenvalue weighted by atomic mass is 10.0. The fourth-order valence-electron chi connectivity index (χ4n) is 4.19. The minimum atomic E-state index is -0.219. The molecule has 0 radical (unpaired) electrons. The Bertz CT molecular complexity index is 1120. The van der Waals surface area contributed by atoms with E-state index in [1.54, 1.807) is 54.7 Å². The maximum absolute atomic E-state index is 13.6. The van der Waals surface area contributed by atoms with Gasteiger partial charge in [0.15, 0.2) is 0 Å². The molecule has 1 atom stereocenters. The first-order valence-corrected chi connectivity index (χ1v) is 12.4. The third kappa shape index (κ3) is 6.01. The summed E-state index contributed by atoms with van der Waals surface area (Å²) < 4.78 is 16.5. The van der Waals surface area contributed by atoms with Crippen LogP contribution in [0.3, 0.4) is 0 Å². The second kappa shape index (κ2) is 11.9. The van der Waals surface area contributed by atoms with E-state index < -0.39 is 0 Å². The molecule has 35 heavy (non-hydrogen) atoms. The molecule has 0 saturated carbocycles. The Morgan fingerprint density at radius 3 is 2.51 bits per heavy atom. The average Bonchev–Trinajstić information content (AvgIpc) is 3.39. The predicted molar refractivity (Wildman–Crippen MR) is 135 cm³/mol. The maximum atomic E-state index is 13.6. The molecule has 0 N–H and O–H groups in total. The van der Waals surface area contributed by atoms with Crippen LogP contribution in [-0.2, 0) is 16.0 Å². The average molecular weight is 495 g/mol. The van der Waals surface area contributed by atoms with E-state index in [9.17, 15) is 9.59 Å². The Kier molecular flexibility index (Phi) is 8.39. The molecule has 4 rings (SSSR count). The van der Waals surface area contributed by atoms with Gasteiger partial charge >= 0.3 is 0 Å². The molecule has 0 saturated heterocycles. The van der Waals surface area contributed by atoms with Gasteiger partial charge in [-0.2, -0.15) is 0 Å². The summed E-state index contributed by atoms with van der Waals surface area (Å²) in [6.07, 6.45) is 0.797. The van der Waals surface area contributed by atoms with Crippen LogP contribution in [0.25, 0.3) is 0 Å². The molecule has 2 aromatic carbocycles. The lowest BCUT2D eigenvalue weighted by Crippen LogP contribution is -2.48. The summed E-state index contributed by atoms with van der Waals surface area (Å²) in [6, 6.07) is 18.4. The van der Waals surface area contributed by atoms with Gasteiger partial charge in [0.05, 0.1) is 19.8 Å². The molecule has 184 valence electrons. The number of para-hydroxylation sites is 1. The molecule has 2 amide bonds. The zero-order valence-electron chi connectivity index (χ0n) is 20.0. The van der Waals surface area contributed by atoms with Gasteiger partial charge in [0, 0.05) is 30.6 Å². The highest BCUT2D eigenvalue weighted by Gasteiger charge is 2.33. The van der Waals surface area contributed by atoms with E-state index in [0.29, 0.717) is 37.6 Å². The number of hydrogen-bond acceptors (Lipinski definition) is 6. The third-order valence-electron chi connectivity index (χ3n) is 6.08. The standard InChI is InChI=1S/C27H30N2O5S/c1-32-16-15-28(27(31)20-8-10-21(33-2)11-9-20)18-26(30)29-14-12-25-23(13-17-35-25)24(29)19-34-22-6-4-3-5-7-22/h3-11,13,17,24H,12,14-16,18-19H2,1-2H3/t24-/m0/s1. The smallest absolute Gasteiger partial charge is 0.254 e. The number of carbonyl (C=O) groups is 2. The SMILES string of the molecule is COCCN(CC(=O)N1CCc2sccc2[C@@H]1COc1ccccc1)C(=O)c1ccc(OC)cc1. The second-order valence-electron chi connectivity index (χ2n) is 8.22. The van der Waals surface area contributed by atoms with Crippen molar-refractivity contribution in [3.63, 3.8) is 0 Å². The van der Waals surface area contributed by atoms with Crippen molar-refractivity contribution >= 4 is 23.2 Å². The highest BCUT2D eigenvalue weighted by Crippen LogP contribution is 2.34. The summed E-state index contributed by atoms with van der Waals surface area (Å²) >= 11 is 1.71. The molecule has 0 bridgehead atoms. The minimum Gasteiger partial charge on any atom is -0.497 e. The topological polar surface area (TPSA) is 68.3 Å². The number of fused-ring (bicyclic) bond motifs is 1. The van der Waals surface area contributed by atoms with E-state index in [-0.39, 0.29) is 24.4 Å². The van der Waals surface area contributed by atoms with Crippen molar-refractivity contribution in [1.29, 1.82) is 0 Å². The van der Waals surface area contributed by atoms with Gasteiger partial charge in [0.1, 0.15) is 24.7 Å². The predicted octanol–water partition coefficient (Wildman–Crippen LogP) is 4.05. The van der Waals surface area contributed by atoms with Crippen LogP contribution in [0.2, 0.25) is 0 Å². The lowest BCUT2D eigenvalue weighted by Gasteiger charge is -2.37. The first kappa shape index (κ1) is 24.8. The van der Waals surface area contributed by atoms with Gasteiger partial charge in [-0.1, -0.05) is 18.2 Å². The van der Waals surface area contributed by atoms with Crippen molar-refractivity contribution in [3.8, 4) is 11.5 Å². The van der Waals surface area contributed by atoms with Gasteiger partial charge < -0.3 is 24.0 Å². The fraction of sp³-hybridized carbons (Fsp3) is 0.333. The van der Waals surface area contributed by atoms with E-state index in [2.05, 4.69) is 11.4 Å². The van der Waals surface area contributed by atoms with Gasteiger partial charge in [-0.15, -0.1) is 11.3 Å². The monoisotopic (exact) mass is 494 g/mol. The maximum Gasteiger partial charge on any atom is 0.254 e. The molecule has 1 aliphatic heterocycles. The van der Waals surface area contributed by atoms with Crippen molar-refractivity contribution in [2.24, 2.45) is 0 Å². The largest absolute Gasteiger partial charge is 0.497 e. The molecular weight excluding hydrogens is 464 g/mol. The quantitative estimate of drug-likeness (QED) is 0.425. The Labute approximate surface area is 209 Å². The zero-order chi connectivity index (χ0) is 24.6. The van der Waals surface area contributed by atoms with E-state index in [1.807, 2.05) is 35.2 Å². The highest BCUT2D eigenvalue weighted by atomic mass is 32.1. The molecule has 0 fully saturated rings. The summed E-state index contributed by atoms with van der Waals surface area (Å²) in [5.41, 5.74) is 1.62. The first-order chi connectivity index (χ1) is 17.1. The Morgan fingerprint density at radius 1 is 1.03 bits per heavy atom. The van der Waals surface area contributed by atoms with Gasteiger partial charge in [0.2, 0.25) is 5.91 Å². The molecule has 3 aromatic rings. The van der Waals surface area contributed by atoms with Crippen LogP contribution >= 0.6 is 11.3 Å². The van der Waals surface area contributed by atoms with Crippen LogP contribution in [0.15, 0.2) is 66.0 Å². The molecular formula is C27H30N2O5S. The zero-order valence-corrected chi connectivity index (χ0v) is 20.8. The molecule has 8 heteroatoms.